The molecule has 0 aliphatic carbocycles. The monoisotopic (exact) mass is 301 g/mol. The summed E-state index contributed by atoms with van der Waals surface area (Å²) in [6, 6.07) is 12.0. The largest absolute Gasteiger partial charge is 0.381 e. The van der Waals surface area contributed by atoms with E-state index in [4.69, 9.17) is 16.9 Å². The first kappa shape index (κ1) is 14.8. The summed E-state index contributed by atoms with van der Waals surface area (Å²) in [5, 5.41) is 23.2. The molecule has 106 valence electrons. The average molecular weight is 302 g/mol. The summed E-state index contributed by atoms with van der Waals surface area (Å²) in [4.78, 5) is 10.5. The van der Waals surface area contributed by atoms with Crippen LogP contribution in [0.15, 0.2) is 36.4 Å². The van der Waals surface area contributed by atoms with E-state index in [1.54, 1.807) is 31.2 Å². The standard InChI is InChI=1S/C15H12ClN3O2/c1-10-12(3-2-4-15(10)19(20)21)9-18-13-6-5-11(8-17)14(16)7-13/h2-7,18H,9H2,1H3. The van der Waals surface area contributed by atoms with Crippen molar-refractivity contribution in [2.75, 3.05) is 5.32 Å². The Hall–Kier alpha value is -2.58. The van der Waals surface area contributed by atoms with Gasteiger partial charge in [-0.25, -0.2) is 0 Å². The van der Waals surface area contributed by atoms with Gasteiger partial charge in [-0.05, 0) is 30.7 Å². The van der Waals surface area contributed by atoms with Gasteiger partial charge in [0.25, 0.3) is 5.69 Å². The summed E-state index contributed by atoms with van der Waals surface area (Å²) in [5.74, 6) is 0. The highest BCUT2D eigenvalue weighted by molar-refractivity contribution is 6.32. The summed E-state index contributed by atoms with van der Waals surface area (Å²) in [6.07, 6.45) is 0. The van der Waals surface area contributed by atoms with Crippen molar-refractivity contribution in [3.63, 3.8) is 0 Å². The fourth-order valence-electron chi connectivity index (χ4n) is 1.97. The Morgan fingerprint density at radius 1 is 1.38 bits per heavy atom. The van der Waals surface area contributed by atoms with Gasteiger partial charge in [-0.2, -0.15) is 5.26 Å². The van der Waals surface area contributed by atoms with E-state index >= 15 is 0 Å². The number of nitro groups is 1. The van der Waals surface area contributed by atoms with E-state index in [0.717, 1.165) is 11.3 Å². The molecule has 0 radical (unpaired) electrons. The van der Waals surface area contributed by atoms with Crippen molar-refractivity contribution in [2.45, 2.75) is 13.5 Å². The quantitative estimate of drug-likeness (QED) is 0.682. The van der Waals surface area contributed by atoms with E-state index in [1.165, 1.54) is 6.07 Å². The molecule has 0 atom stereocenters. The molecule has 0 spiro atoms. The number of nitro benzene ring substituents is 1. The van der Waals surface area contributed by atoms with E-state index in [9.17, 15) is 10.1 Å². The molecular weight excluding hydrogens is 290 g/mol. The van der Waals surface area contributed by atoms with Crippen LogP contribution < -0.4 is 5.32 Å². The molecule has 6 heteroatoms. The molecule has 0 aliphatic rings. The molecule has 2 aromatic carbocycles. The molecule has 0 saturated carbocycles. The van der Waals surface area contributed by atoms with Gasteiger partial charge in [-0.3, -0.25) is 10.1 Å². The van der Waals surface area contributed by atoms with Crippen molar-refractivity contribution in [1.82, 2.24) is 0 Å². The highest BCUT2D eigenvalue weighted by atomic mass is 35.5. The minimum absolute atomic E-state index is 0.104. The van der Waals surface area contributed by atoms with Crippen molar-refractivity contribution in [1.29, 1.82) is 5.26 Å². The Kier molecular flexibility index (Phi) is 4.41. The summed E-state index contributed by atoms with van der Waals surface area (Å²) >= 11 is 5.96. The van der Waals surface area contributed by atoms with Crippen LogP contribution >= 0.6 is 11.6 Å². The molecule has 0 aliphatic heterocycles. The number of hydrogen-bond donors (Lipinski definition) is 1. The summed E-state index contributed by atoms with van der Waals surface area (Å²) in [7, 11) is 0. The maximum absolute atomic E-state index is 10.9. The van der Waals surface area contributed by atoms with Gasteiger partial charge in [0, 0.05) is 23.9 Å². The second kappa shape index (κ2) is 6.25. The normalized spacial score (nSPS) is 9.95. The third kappa shape index (κ3) is 3.30. The third-order valence-corrected chi connectivity index (χ3v) is 3.50. The smallest absolute Gasteiger partial charge is 0.272 e. The number of rotatable bonds is 4. The van der Waals surface area contributed by atoms with E-state index < -0.39 is 4.92 Å². The molecule has 0 amide bonds. The lowest BCUT2D eigenvalue weighted by atomic mass is 10.1. The SMILES string of the molecule is Cc1c(CNc2ccc(C#N)c(Cl)c2)cccc1[N+](=O)[O-]. The van der Waals surface area contributed by atoms with Gasteiger partial charge in [0.2, 0.25) is 0 Å². The molecule has 21 heavy (non-hydrogen) atoms. The molecular formula is C15H12ClN3O2. The second-order valence-corrected chi connectivity index (χ2v) is 4.89. The van der Waals surface area contributed by atoms with Gasteiger partial charge in [0.15, 0.2) is 0 Å². The maximum Gasteiger partial charge on any atom is 0.272 e. The zero-order valence-corrected chi connectivity index (χ0v) is 12.0. The second-order valence-electron chi connectivity index (χ2n) is 4.48. The molecule has 0 bridgehead atoms. The van der Waals surface area contributed by atoms with Crippen molar-refractivity contribution in [2.24, 2.45) is 0 Å². The number of anilines is 1. The first-order valence-corrected chi connectivity index (χ1v) is 6.57. The highest BCUT2D eigenvalue weighted by Crippen LogP contribution is 2.24. The number of nitriles is 1. The van der Waals surface area contributed by atoms with E-state index in [-0.39, 0.29) is 5.69 Å². The lowest BCUT2D eigenvalue weighted by Gasteiger charge is -2.10. The van der Waals surface area contributed by atoms with Crippen LogP contribution in [0.4, 0.5) is 11.4 Å². The zero-order chi connectivity index (χ0) is 15.4. The van der Waals surface area contributed by atoms with E-state index in [2.05, 4.69) is 5.32 Å². The fourth-order valence-corrected chi connectivity index (χ4v) is 2.20. The summed E-state index contributed by atoms with van der Waals surface area (Å²) < 4.78 is 0. The Morgan fingerprint density at radius 2 is 2.14 bits per heavy atom. The molecule has 0 saturated heterocycles. The molecule has 2 rings (SSSR count). The maximum atomic E-state index is 10.9. The minimum atomic E-state index is -0.391. The Bertz CT molecular complexity index is 738. The molecule has 2 aromatic rings. The predicted molar refractivity (Wildman–Crippen MR) is 81.3 cm³/mol. The molecule has 0 heterocycles. The highest BCUT2D eigenvalue weighted by Gasteiger charge is 2.12. The summed E-state index contributed by atoms with van der Waals surface area (Å²) in [6.45, 7) is 2.16. The van der Waals surface area contributed by atoms with Crippen molar-refractivity contribution in [3.05, 3.63) is 68.2 Å². The number of halogens is 1. The molecule has 1 N–H and O–H groups in total. The van der Waals surface area contributed by atoms with Crippen LogP contribution in [0.1, 0.15) is 16.7 Å². The Morgan fingerprint density at radius 3 is 2.76 bits per heavy atom. The number of nitrogens with zero attached hydrogens (tertiary/aromatic N) is 2. The van der Waals surface area contributed by atoms with Crippen LogP contribution in [-0.2, 0) is 6.54 Å². The van der Waals surface area contributed by atoms with Gasteiger partial charge < -0.3 is 5.32 Å². The number of hydrogen-bond acceptors (Lipinski definition) is 4. The molecule has 5 nitrogen and oxygen atoms in total. The molecule has 0 aromatic heterocycles. The van der Waals surface area contributed by atoms with Gasteiger partial charge in [-0.15, -0.1) is 0 Å². The minimum Gasteiger partial charge on any atom is -0.381 e. The van der Waals surface area contributed by atoms with Gasteiger partial charge in [0.05, 0.1) is 15.5 Å². The van der Waals surface area contributed by atoms with Gasteiger partial charge in [-0.1, -0.05) is 23.7 Å². The van der Waals surface area contributed by atoms with Crippen LogP contribution in [0, 0.1) is 28.4 Å². The lowest BCUT2D eigenvalue weighted by Crippen LogP contribution is -2.03. The van der Waals surface area contributed by atoms with Gasteiger partial charge in [0.1, 0.15) is 6.07 Å². The Labute approximate surface area is 126 Å². The van der Waals surface area contributed by atoms with Crippen molar-refractivity contribution in [3.8, 4) is 6.07 Å². The number of nitrogens with one attached hydrogen (secondary N) is 1. The van der Waals surface area contributed by atoms with Crippen LogP contribution in [0.25, 0.3) is 0 Å². The fraction of sp³-hybridized carbons (Fsp3) is 0.133. The number of benzene rings is 2. The van der Waals surface area contributed by atoms with Crippen LogP contribution in [-0.4, -0.2) is 4.92 Å². The first-order valence-electron chi connectivity index (χ1n) is 6.19. The molecule has 0 fully saturated rings. The van der Waals surface area contributed by atoms with Crippen LogP contribution in [0.5, 0.6) is 0 Å². The molecule has 0 unspecified atom stereocenters. The predicted octanol–water partition coefficient (Wildman–Crippen LogP) is 4.04. The first-order chi connectivity index (χ1) is 10.0. The average Bonchev–Trinajstić information content (AvgIpc) is 2.46. The zero-order valence-electron chi connectivity index (χ0n) is 11.3. The van der Waals surface area contributed by atoms with Crippen LogP contribution in [0.2, 0.25) is 5.02 Å². The van der Waals surface area contributed by atoms with Crippen molar-refractivity contribution >= 4 is 23.0 Å². The Balaban J connectivity index is 2.17. The lowest BCUT2D eigenvalue weighted by molar-refractivity contribution is -0.385. The van der Waals surface area contributed by atoms with Crippen molar-refractivity contribution < 1.29 is 4.92 Å². The topological polar surface area (TPSA) is 79.0 Å². The van der Waals surface area contributed by atoms with Crippen LogP contribution in [0.3, 0.4) is 0 Å². The third-order valence-electron chi connectivity index (χ3n) is 3.19. The van der Waals surface area contributed by atoms with E-state index in [0.29, 0.717) is 22.7 Å². The summed E-state index contributed by atoms with van der Waals surface area (Å²) in [5.41, 5.74) is 2.74. The van der Waals surface area contributed by atoms with E-state index in [1.807, 2.05) is 12.1 Å². The van der Waals surface area contributed by atoms with Gasteiger partial charge >= 0.3 is 0 Å².